The average Bonchev–Trinajstić information content (AvgIpc) is 3.22. The lowest BCUT2D eigenvalue weighted by molar-refractivity contribution is 0.102. The fourth-order valence-corrected chi connectivity index (χ4v) is 2.74. The van der Waals surface area contributed by atoms with Crippen molar-refractivity contribution in [2.24, 2.45) is 0 Å². The second kappa shape index (κ2) is 7.89. The van der Waals surface area contributed by atoms with E-state index in [1.165, 1.54) is 11.0 Å². The maximum Gasteiger partial charge on any atom is 0.322 e. The number of hydrogen-bond donors (Lipinski definition) is 1. The first-order valence-corrected chi connectivity index (χ1v) is 8.97. The van der Waals surface area contributed by atoms with Gasteiger partial charge in [-0.3, -0.25) is 4.79 Å². The molecule has 0 aliphatic carbocycles. The van der Waals surface area contributed by atoms with Crippen molar-refractivity contribution in [1.82, 2.24) is 25.0 Å². The van der Waals surface area contributed by atoms with Gasteiger partial charge in [0.15, 0.2) is 5.69 Å². The molecule has 0 aliphatic heterocycles. The average molecular weight is 386 g/mol. The van der Waals surface area contributed by atoms with Gasteiger partial charge in [0.2, 0.25) is 0 Å². The minimum atomic E-state index is -0.390. The van der Waals surface area contributed by atoms with Crippen molar-refractivity contribution in [3.8, 4) is 17.4 Å². The lowest BCUT2D eigenvalue weighted by Crippen LogP contribution is -2.16. The summed E-state index contributed by atoms with van der Waals surface area (Å²) < 4.78 is 5.68. The van der Waals surface area contributed by atoms with E-state index in [4.69, 9.17) is 4.74 Å². The predicted molar refractivity (Wildman–Crippen MR) is 107 cm³/mol. The van der Waals surface area contributed by atoms with Crippen LogP contribution in [0.25, 0.3) is 5.69 Å². The van der Waals surface area contributed by atoms with Crippen LogP contribution in [0.5, 0.6) is 11.8 Å². The van der Waals surface area contributed by atoms with Gasteiger partial charge in [0.25, 0.3) is 5.91 Å². The lowest BCUT2D eigenvalue weighted by atomic mass is 10.2. The van der Waals surface area contributed by atoms with Gasteiger partial charge in [0.05, 0.1) is 29.0 Å². The normalized spacial score (nSPS) is 10.6. The largest absolute Gasteiger partial charge is 0.424 e. The molecule has 4 rings (SSSR count). The quantitative estimate of drug-likeness (QED) is 0.562. The van der Waals surface area contributed by atoms with Crippen LogP contribution in [-0.2, 0) is 0 Å². The molecule has 4 aromatic rings. The van der Waals surface area contributed by atoms with Gasteiger partial charge in [-0.1, -0.05) is 36.4 Å². The Bertz CT molecular complexity index is 1120. The summed E-state index contributed by atoms with van der Waals surface area (Å²) in [5.74, 6) is 0.249. The number of amides is 1. The van der Waals surface area contributed by atoms with E-state index in [0.717, 1.165) is 5.69 Å². The number of carbonyl (C=O) groups is 1. The van der Waals surface area contributed by atoms with Crippen LogP contribution in [0.15, 0.2) is 66.9 Å². The molecule has 0 aliphatic rings. The zero-order chi connectivity index (χ0) is 20.2. The Labute approximate surface area is 167 Å². The van der Waals surface area contributed by atoms with Crippen molar-refractivity contribution in [1.29, 1.82) is 0 Å². The molecule has 1 N–H and O–H groups in total. The van der Waals surface area contributed by atoms with Crippen LogP contribution < -0.4 is 10.1 Å². The maximum atomic E-state index is 12.6. The van der Waals surface area contributed by atoms with E-state index in [2.05, 4.69) is 25.5 Å². The van der Waals surface area contributed by atoms with Crippen LogP contribution in [0.2, 0.25) is 0 Å². The number of aromatic nitrogens is 5. The highest BCUT2D eigenvalue weighted by atomic mass is 16.5. The molecule has 0 spiro atoms. The summed E-state index contributed by atoms with van der Waals surface area (Å²) >= 11 is 0. The number of rotatable bonds is 5. The Hall–Kier alpha value is -4.07. The van der Waals surface area contributed by atoms with E-state index in [9.17, 15) is 4.79 Å². The van der Waals surface area contributed by atoms with Crippen LogP contribution in [0.1, 0.15) is 21.9 Å². The molecule has 0 fully saturated rings. The molecule has 2 aromatic carbocycles. The highest BCUT2D eigenvalue weighted by molar-refractivity contribution is 6.03. The molecule has 2 heterocycles. The zero-order valence-corrected chi connectivity index (χ0v) is 15.9. The summed E-state index contributed by atoms with van der Waals surface area (Å²) in [6.07, 6.45) is 1.42. The van der Waals surface area contributed by atoms with Gasteiger partial charge in [-0.15, -0.1) is 5.10 Å². The molecule has 0 radical (unpaired) electrons. The van der Waals surface area contributed by atoms with Crippen molar-refractivity contribution in [3.63, 3.8) is 0 Å². The van der Waals surface area contributed by atoms with Gasteiger partial charge >= 0.3 is 6.01 Å². The summed E-state index contributed by atoms with van der Waals surface area (Å²) in [4.78, 5) is 22.7. The standard InChI is InChI=1S/C21H18N6O2/c1-14-19(15(2)24-21(23-14)29-17-11-7-4-8-12-17)25-20(28)18-13-22-27(26-18)16-9-5-3-6-10-16/h3-13H,1-2H3,(H,25,28). The van der Waals surface area contributed by atoms with E-state index >= 15 is 0 Å². The summed E-state index contributed by atoms with van der Waals surface area (Å²) in [6, 6.07) is 18.9. The van der Waals surface area contributed by atoms with Crippen LogP contribution in [0, 0.1) is 13.8 Å². The number of benzene rings is 2. The molecule has 0 unspecified atom stereocenters. The van der Waals surface area contributed by atoms with Crippen LogP contribution in [0.4, 0.5) is 5.69 Å². The fraction of sp³-hybridized carbons (Fsp3) is 0.0952. The Balaban J connectivity index is 1.52. The molecule has 8 nitrogen and oxygen atoms in total. The minimum absolute atomic E-state index is 0.192. The Morgan fingerprint density at radius 3 is 2.21 bits per heavy atom. The van der Waals surface area contributed by atoms with Crippen molar-refractivity contribution < 1.29 is 9.53 Å². The maximum absolute atomic E-state index is 12.6. The highest BCUT2D eigenvalue weighted by Crippen LogP contribution is 2.23. The number of carbonyl (C=O) groups excluding carboxylic acids is 1. The van der Waals surface area contributed by atoms with Gasteiger partial charge in [-0.25, -0.2) is 0 Å². The van der Waals surface area contributed by atoms with Gasteiger partial charge in [-0.05, 0) is 38.1 Å². The van der Waals surface area contributed by atoms with Crippen molar-refractivity contribution in [2.75, 3.05) is 5.32 Å². The summed E-state index contributed by atoms with van der Waals surface area (Å²) in [7, 11) is 0. The molecular weight excluding hydrogens is 368 g/mol. The van der Waals surface area contributed by atoms with Gasteiger partial charge in [0, 0.05) is 0 Å². The monoisotopic (exact) mass is 386 g/mol. The number of hydrogen-bond acceptors (Lipinski definition) is 6. The number of nitrogens with zero attached hydrogens (tertiary/aromatic N) is 5. The topological polar surface area (TPSA) is 94.8 Å². The molecule has 0 saturated heterocycles. The van der Waals surface area contributed by atoms with Crippen molar-refractivity contribution in [2.45, 2.75) is 13.8 Å². The van der Waals surface area contributed by atoms with Gasteiger partial charge < -0.3 is 10.1 Å². The molecule has 2 aromatic heterocycles. The smallest absolute Gasteiger partial charge is 0.322 e. The van der Waals surface area contributed by atoms with E-state index in [0.29, 0.717) is 22.8 Å². The van der Waals surface area contributed by atoms with Crippen LogP contribution in [-0.4, -0.2) is 30.9 Å². The summed E-state index contributed by atoms with van der Waals surface area (Å²) in [5, 5.41) is 11.2. The Morgan fingerprint density at radius 1 is 0.931 bits per heavy atom. The van der Waals surface area contributed by atoms with E-state index < -0.39 is 5.91 Å². The Kier molecular flexibility index (Phi) is 4.98. The van der Waals surface area contributed by atoms with Crippen LogP contribution >= 0.6 is 0 Å². The summed E-state index contributed by atoms with van der Waals surface area (Å²) in [6.45, 7) is 3.56. The van der Waals surface area contributed by atoms with Gasteiger partial charge in [-0.2, -0.15) is 19.9 Å². The van der Waals surface area contributed by atoms with Crippen molar-refractivity contribution >= 4 is 11.6 Å². The molecule has 0 atom stereocenters. The minimum Gasteiger partial charge on any atom is -0.424 e. The molecule has 0 bridgehead atoms. The van der Waals surface area contributed by atoms with E-state index in [1.54, 1.807) is 13.8 Å². The molecule has 8 heteroatoms. The van der Waals surface area contributed by atoms with Crippen molar-refractivity contribution in [3.05, 3.63) is 83.9 Å². The first kappa shape index (κ1) is 18.3. The second-order valence-corrected chi connectivity index (χ2v) is 6.28. The van der Waals surface area contributed by atoms with E-state index in [1.807, 2.05) is 60.7 Å². The number of ether oxygens (including phenoxy) is 1. The summed E-state index contributed by atoms with van der Waals surface area (Å²) in [5.41, 5.74) is 2.66. The number of nitrogens with one attached hydrogen (secondary N) is 1. The fourth-order valence-electron chi connectivity index (χ4n) is 2.74. The van der Waals surface area contributed by atoms with Gasteiger partial charge in [0.1, 0.15) is 5.75 Å². The molecular formula is C21H18N6O2. The third-order valence-electron chi connectivity index (χ3n) is 4.15. The molecule has 29 heavy (non-hydrogen) atoms. The molecule has 0 saturated carbocycles. The van der Waals surface area contributed by atoms with Crippen LogP contribution in [0.3, 0.4) is 0 Å². The predicted octanol–water partition coefficient (Wildman–Crippen LogP) is 3.72. The number of anilines is 1. The number of para-hydroxylation sites is 2. The molecule has 144 valence electrons. The molecule has 1 amide bonds. The lowest BCUT2D eigenvalue weighted by Gasteiger charge is -2.11. The Morgan fingerprint density at radius 2 is 1.55 bits per heavy atom. The second-order valence-electron chi connectivity index (χ2n) is 6.28. The first-order valence-electron chi connectivity index (χ1n) is 8.97. The first-order chi connectivity index (χ1) is 14.1. The van der Waals surface area contributed by atoms with E-state index in [-0.39, 0.29) is 11.7 Å². The zero-order valence-electron chi connectivity index (χ0n) is 15.9. The third kappa shape index (κ3) is 4.11. The SMILES string of the molecule is Cc1nc(Oc2ccccc2)nc(C)c1NC(=O)c1cnn(-c2ccccc2)n1. The third-order valence-corrected chi connectivity index (χ3v) is 4.15. The number of aryl methyl sites for hydroxylation is 2. The highest BCUT2D eigenvalue weighted by Gasteiger charge is 2.16.